The number of esters is 1. The number of fused-ring (bicyclic) bond motifs is 1. The number of Topliss-reactive ketones (excluding diaryl/α,β-unsaturated/α-hetero) is 1. The molecule has 1 heterocycles. The van der Waals surface area contributed by atoms with Crippen LogP contribution in [0.15, 0.2) is 42.5 Å². The van der Waals surface area contributed by atoms with Crippen molar-refractivity contribution in [3.8, 4) is 0 Å². The predicted octanol–water partition coefficient (Wildman–Crippen LogP) is 4.70. The first-order valence-corrected chi connectivity index (χ1v) is 8.04. The summed E-state index contributed by atoms with van der Waals surface area (Å²) in [5.74, 6) is -2.13. The molecule has 25 heavy (non-hydrogen) atoms. The van der Waals surface area contributed by atoms with E-state index in [0.717, 1.165) is 17.0 Å². The van der Waals surface area contributed by atoms with E-state index in [1.165, 1.54) is 19.1 Å². The summed E-state index contributed by atoms with van der Waals surface area (Å²) in [6.07, 6.45) is -1.08. The number of para-hydroxylation sites is 1. The lowest BCUT2D eigenvalue weighted by Crippen LogP contribution is -2.25. The van der Waals surface area contributed by atoms with Crippen molar-refractivity contribution in [2.24, 2.45) is 0 Å². The molecule has 0 aliphatic carbocycles. The minimum Gasteiger partial charge on any atom is -0.451 e. The van der Waals surface area contributed by atoms with Crippen molar-refractivity contribution < 1.29 is 18.7 Å². The quantitative estimate of drug-likeness (QED) is 0.542. The van der Waals surface area contributed by atoms with Crippen LogP contribution in [0.2, 0.25) is 5.02 Å². The highest BCUT2D eigenvalue weighted by Crippen LogP contribution is 2.25. The van der Waals surface area contributed by atoms with E-state index in [1.54, 1.807) is 6.92 Å². The number of ketones is 1. The van der Waals surface area contributed by atoms with Gasteiger partial charge in [0.15, 0.2) is 6.10 Å². The fourth-order valence-corrected chi connectivity index (χ4v) is 3.00. The molecule has 3 rings (SSSR count). The average Bonchev–Trinajstić information content (AvgIpc) is 2.89. The summed E-state index contributed by atoms with van der Waals surface area (Å²) >= 11 is 5.86. The number of aromatic amines is 1. The maximum absolute atomic E-state index is 13.8. The van der Waals surface area contributed by atoms with Crippen LogP contribution in [0.5, 0.6) is 0 Å². The Balaban J connectivity index is 1.88. The fourth-order valence-electron chi connectivity index (χ4n) is 2.76. The fraction of sp³-hybridized carbons (Fsp3) is 0.158. The van der Waals surface area contributed by atoms with Gasteiger partial charge in [0.2, 0.25) is 5.78 Å². The lowest BCUT2D eigenvalue weighted by atomic mass is 10.0. The molecular formula is C19H15ClFNO3. The van der Waals surface area contributed by atoms with E-state index >= 15 is 0 Å². The van der Waals surface area contributed by atoms with E-state index in [0.29, 0.717) is 11.3 Å². The van der Waals surface area contributed by atoms with Gasteiger partial charge in [0.1, 0.15) is 11.4 Å². The molecule has 0 amide bonds. The van der Waals surface area contributed by atoms with Gasteiger partial charge in [-0.25, -0.2) is 9.18 Å². The van der Waals surface area contributed by atoms with Crippen LogP contribution in [0.4, 0.5) is 4.39 Å². The molecule has 0 aliphatic heterocycles. The van der Waals surface area contributed by atoms with Gasteiger partial charge in [0.05, 0.1) is 5.02 Å². The van der Waals surface area contributed by atoms with Crippen molar-refractivity contribution in [3.05, 3.63) is 70.1 Å². The standard InChI is InChI=1S/C19H15ClFNO3/c1-10-16(12-6-3-4-9-15(12)22-10)18(23)11(2)25-19(24)17-13(20)7-5-8-14(17)21/h3-9,11,22H,1-2H3/t11-/m1/s1. The molecular weight excluding hydrogens is 345 g/mol. The topological polar surface area (TPSA) is 59.2 Å². The number of ether oxygens (including phenoxy) is 1. The summed E-state index contributed by atoms with van der Waals surface area (Å²) in [6, 6.07) is 11.2. The zero-order chi connectivity index (χ0) is 18.1. The highest BCUT2D eigenvalue weighted by atomic mass is 35.5. The first kappa shape index (κ1) is 17.2. The number of aromatic nitrogens is 1. The number of nitrogens with one attached hydrogen (secondary N) is 1. The highest BCUT2D eigenvalue weighted by Gasteiger charge is 2.26. The van der Waals surface area contributed by atoms with Gasteiger partial charge in [0.25, 0.3) is 0 Å². The van der Waals surface area contributed by atoms with Crippen LogP contribution in [-0.4, -0.2) is 22.8 Å². The Morgan fingerprint density at radius 3 is 2.56 bits per heavy atom. The molecule has 3 aromatic rings. The highest BCUT2D eigenvalue weighted by molar-refractivity contribution is 6.33. The van der Waals surface area contributed by atoms with Crippen LogP contribution in [-0.2, 0) is 4.74 Å². The van der Waals surface area contributed by atoms with Crippen molar-refractivity contribution in [2.75, 3.05) is 0 Å². The third kappa shape index (κ3) is 3.15. The second-order valence-corrected chi connectivity index (χ2v) is 6.09. The van der Waals surface area contributed by atoms with Gasteiger partial charge in [-0.2, -0.15) is 0 Å². The maximum atomic E-state index is 13.8. The number of carbonyl (C=O) groups is 2. The SMILES string of the molecule is Cc1[nH]c2ccccc2c1C(=O)[C@@H](C)OC(=O)c1c(F)cccc1Cl. The number of halogens is 2. The second-order valence-electron chi connectivity index (χ2n) is 5.68. The Bertz CT molecular complexity index is 960. The molecule has 1 aromatic heterocycles. The Labute approximate surface area is 148 Å². The molecule has 0 saturated heterocycles. The number of benzene rings is 2. The summed E-state index contributed by atoms with van der Waals surface area (Å²) in [5, 5.41) is 0.685. The lowest BCUT2D eigenvalue weighted by molar-refractivity contribution is 0.0315. The van der Waals surface area contributed by atoms with E-state index in [1.807, 2.05) is 24.3 Å². The van der Waals surface area contributed by atoms with Crippen LogP contribution in [0, 0.1) is 12.7 Å². The summed E-state index contributed by atoms with van der Waals surface area (Å²) < 4.78 is 19.0. The number of aryl methyl sites for hydroxylation is 1. The van der Waals surface area contributed by atoms with Crippen LogP contribution >= 0.6 is 11.6 Å². The van der Waals surface area contributed by atoms with Crippen LogP contribution in [0.3, 0.4) is 0 Å². The van der Waals surface area contributed by atoms with E-state index in [-0.39, 0.29) is 16.4 Å². The summed E-state index contributed by atoms with van der Waals surface area (Å²) in [6.45, 7) is 3.23. The molecule has 6 heteroatoms. The molecule has 0 aliphatic rings. The van der Waals surface area contributed by atoms with Crippen LogP contribution < -0.4 is 0 Å². The molecule has 1 N–H and O–H groups in total. The van der Waals surface area contributed by atoms with Crippen LogP contribution in [0.1, 0.15) is 33.3 Å². The van der Waals surface area contributed by atoms with Gasteiger partial charge in [-0.3, -0.25) is 4.79 Å². The minimum atomic E-state index is -1.08. The molecule has 0 bridgehead atoms. The molecule has 0 radical (unpaired) electrons. The average molecular weight is 360 g/mol. The monoisotopic (exact) mass is 359 g/mol. The first-order chi connectivity index (χ1) is 11.9. The van der Waals surface area contributed by atoms with Gasteiger partial charge in [-0.05, 0) is 32.0 Å². The Morgan fingerprint density at radius 2 is 1.84 bits per heavy atom. The molecule has 1 atom stereocenters. The van der Waals surface area contributed by atoms with Crippen molar-refractivity contribution >= 4 is 34.3 Å². The number of carbonyl (C=O) groups excluding carboxylic acids is 2. The molecule has 0 saturated carbocycles. The first-order valence-electron chi connectivity index (χ1n) is 7.66. The third-order valence-electron chi connectivity index (χ3n) is 3.96. The summed E-state index contributed by atoms with van der Waals surface area (Å²) in [4.78, 5) is 28.1. The van der Waals surface area contributed by atoms with Gasteiger partial charge in [-0.1, -0.05) is 35.9 Å². The molecule has 4 nitrogen and oxygen atoms in total. The minimum absolute atomic E-state index is 0.0621. The van der Waals surface area contributed by atoms with E-state index in [2.05, 4.69) is 4.98 Å². The van der Waals surface area contributed by atoms with Crippen LogP contribution in [0.25, 0.3) is 10.9 Å². The van der Waals surface area contributed by atoms with E-state index < -0.39 is 17.9 Å². The molecule has 2 aromatic carbocycles. The zero-order valence-corrected chi connectivity index (χ0v) is 14.4. The Kier molecular flexibility index (Phi) is 4.59. The number of rotatable bonds is 4. The Morgan fingerprint density at radius 1 is 1.12 bits per heavy atom. The van der Waals surface area contributed by atoms with E-state index in [9.17, 15) is 14.0 Å². The van der Waals surface area contributed by atoms with Crippen molar-refractivity contribution in [1.82, 2.24) is 4.98 Å². The van der Waals surface area contributed by atoms with Crippen molar-refractivity contribution in [2.45, 2.75) is 20.0 Å². The second kappa shape index (κ2) is 6.69. The number of hydrogen-bond donors (Lipinski definition) is 1. The van der Waals surface area contributed by atoms with Gasteiger partial charge in [-0.15, -0.1) is 0 Å². The zero-order valence-electron chi connectivity index (χ0n) is 13.6. The van der Waals surface area contributed by atoms with Gasteiger partial charge < -0.3 is 9.72 Å². The molecule has 0 fully saturated rings. The largest absolute Gasteiger partial charge is 0.451 e. The Hall–Kier alpha value is -2.66. The normalized spacial score (nSPS) is 12.2. The summed E-state index contributed by atoms with van der Waals surface area (Å²) in [5.41, 5.74) is 1.58. The molecule has 128 valence electrons. The number of hydrogen-bond acceptors (Lipinski definition) is 3. The summed E-state index contributed by atoms with van der Waals surface area (Å²) in [7, 11) is 0. The molecule has 0 spiro atoms. The smallest absolute Gasteiger partial charge is 0.343 e. The van der Waals surface area contributed by atoms with Gasteiger partial charge >= 0.3 is 5.97 Å². The molecule has 0 unspecified atom stereocenters. The van der Waals surface area contributed by atoms with Crippen molar-refractivity contribution in [1.29, 1.82) is 0 Å². The number of H-pyrrole nitrogens is 1. The predicted molar refractivity (Wildman–Crippen MR) is 93.7 cm³/mol. The maximum Gasteiger partial charge on any atom is 0.343 e. The van der Waals surface area contributed by atoms with Crippen molar-refractivity contribution in [3.63, 3.8) is 0 Å². The van der Waals surface area contributed by atoms with E-state index in [4.69, 9.17) is 16.3 Å². The third-order valence-corrected chi connectivity index (χ3v) is 4.27. The van der Waals surface area contributed by atoms with Gasteiger partial charge in [0, 0.05) is 22.2 Å². The lowest BCUT2D eigenvalue weighted by Gasteiger charge is -2.13.